The Morgan fingerprint density at radius 2 is 1.92 bits per heavy atom. The van der Waals surface area contributed by atoms with Crippen LogP contribution in [0.25, 0.3) is 0 Å². The molecular formula is C16H15FN4O3. The van der Waals surface area contributed by atoms with Crippen LogP contribution < -0.4 is 4.90 Å². The predicted molar refractivity (Wildman–Crippen MR) is 85.4 cm³/mol. The van der Waals surface area contributed by atoms with Crippen molar-refractivity contribution in [2.75, 3.05) is 31.1 Å². The molecule has 0 spiro atoms. The van der Waals surface area contributed by atoms with Crippen molar-refractivity contribution in [3.8, 4) is 0 Å². The van der Waals surface area contributed by atoms with E-state index in [9.17, 15) is 19.3 Å². The van der Waals surface area contributed by atoms with E-state index in [1.807, 2.05) is 4.90 Å². The second kappa shape index (κ2) is 6.61. The second-order valence-corrected chi connectivity index (χ2v) is 5.42. The van der Waals surface area contributed by atoms with Gasteiger partial charge in [-0.2, -0.15) is 0 Å². The van der Waals surface area contributed by atoms with E-state index >= 15 is 0 Å². The van der Waals surface area contributed by atoms with Gasteiger partial charge < -0.3 is 9.80 Å². The molecule has 0 saturated carbocycles. The van der Waals surface area contributed by atoms with Crippen LogP contribution >= 0.6 is 0 Å². The van der Waals surface area contributed by atoms with Crippen molar-refractivity contribution in [3.63, 3.8) is 0 Å². The van der Waals surface area contributed by atoms with E-state index in [0.717, 1.165) is 0 Å². The molecule has 0 unspecified atom stereocenters. The fraction of sp³-hybridized carbons (Fsp3) is 0.250. The Bertz CT molecular complexity index is 758. The van der Waals surface area contributed by atoms with Crippen LogP contribution in [0.2, 0.25) is 0 Å². The van der Waals surface area contributed by atoms with Gasteiger partial charge in [-0.1, -0.05) is 6.07 Å². The zero-order valence-electron chi connectivity index (χ0n) is 12.8. The van der Waals surface area contributed by atoms with Gasteiger partial charge in [-0.25, -0.2) is 9.37 Å². The number of pyridine rings is 1. The van der Waals surface area contributed by atoms with Crippen LogP contribution in [0.3, 0.4) is 0 Å². The molecule has 1 aliphatic rings. The van der Waals surface area contributed by atoms with Crippen LogP contribution in [-0.2, 0) is 0 Å². The summed E-state index contributed by atoms with van der Waals surface area (Å²) in [6.45, 7) is 2.08. The van der Waals surface area contributed by atoms with Gasteiger partial charge in [-0.3, -0.25) is 14.9 Å². The van der Waals surface area contributed by atoms with Gasteiger partial charge in [-0.15, -0.1) is 0 Å². The molecular weight excluding hydrogens is 315 g/mol. The summed E-state index contributed by atoms with van der Waals surface area (Å²) in [6.07, 6.45) is 1.22. The van der Waals surface area contributed by atoms with Crippen molar-refractivity contribution in [1.29, 1.82) is 0 Å². The highest BCUT2D eigenvalue weighted by molar-refractivity contribution is 5.94. The molecule has 0 N–H and O–H groups in total. The third kappa shape index (κ3) is 3.32. The summed E-state index contributed by atoms with van der Waals surface area (Å²) in [7, 11) is 0. The minimum absolute atomic E-state index is 0.0568. The van der Waals surface area contributed by atoms with Crippen molar-refractivity contribution >= 4 is 17.4 Å². The van der Waals surface area contributed by atoms with Crippen molar-refractivity contribution in [1.82, 2.24) is 9.88 Å². The number of carbonyl (C=O) groups is 1. The number of anilines is 1. The molecule has 1 fully saturated rings. The molecule has 1 saturated heterocycles. The van der Waals surface area contributed by atoms with Crippen LogP contribution in [0, 0.1) is 15.9 Å². The Hall–Kier alpha value is -3.03. The lowest BCUT2D eigenvalue weighted by atomic mass is 10.1. The Balaban J connectivity index is 1.63. The second-order valence-electron chi connectivity index (χ2n) is 5.42. The van der Waals surface area contributed by atoms with Crippen LogP contribution in [-0.4, -0.2) is 46.9 Å². The van der Waals surface area contributed by atoms with E-state index in [0.29, 0.717) is 37.6 Å². The fourth-order valence-corrected chi connectivity index (χ4v) is 2.62. The van der Waals surface area contributed by atoms with Gasteiger partial charge in [-0.05, 0) is 24.3 Å². The minimum Gasteiger partial charge on any atom is -0.353 e. The predicted octanol–water partition coefficient (Wildman–Crippen LogP) is 2.09. The Kier molecular flexibility index (Phi) is 4.37. The average Bonchev–Trinajstić information content (AvgIpc) is 2.61. The summed E-state index contributed by atoms with van der Waals surface area (Å²) in [5.74, 6) is -0.00108. The van der Waals surface area contributed by atoms with Gasteiger partial charge in [0, 0.05) is 37.8 Å². The van der Waals surface area contributed by atoms with Crippen molar-refractivity contribution in [2.24, 2.45) is 0 Å². The number of nitro groups is 1. The number of aromatic nitrogens is 1. The van der Waals surface area contributed by atoms with Gasteiger partial charge >= 0.3 is 0 Å². The molecule has 2 aromatic rings. The number of rotatable bonds is 3. The van der Waals surface area contributed by atoms with Crippen LogP contribution in [0.4, 0.5) is 15.9 Å². The monoisotopic (exact) mass is 330 g/mol. The van der Waals surface area contributed by atoms with Crippen LogP contribution in [0.5, 0.6) is 0 Å². The summed E-state index contributed by atoms with van der Waals surface area (Å²) in [6, 6.07) is 8.64. The highest BCUT2D eigenvalue weighted by Gasteiger charge is 2.23. The number of hydrogen-bond donors (Lipinski definition) is 0. The van der Waals surface area contributed by atoms with Gasteiger partial charge in [0.15, 0.2) is 0 Å². The Morgan fingerprint density at radius 3 is 2.50 bits per heavy atom. The van der Waals surface area contributed by atoms with Crippen LogP contribution in [0.1, 0.15) is 10.4 Å². The zero-order chi connectivity index (χ0) is 17.1. The highest BCUT2D eigenvalue weighted by atomic mass is 19.1. The van der Waals surface area contributed by atoms with E-state index in [1.54, 1.807) is 17.0 Å². The average molecular weight is 330 g/mol. The maximum absolute atomic E-state index is 13.2. The molecule has 2 heterocycles. The molecule has 24 heavy (non-hydrogen) atoms. The molecule has 0 aliphatic carbocycles. The summed E-state index contributed by atoms with van der Waals surface area (Å²) in [5, 5.41) is 10.6. The molecule has 124 valence electrons. The zero-order valence-corrected chi connectivity index (χ0v) is 12.8. The van der Waals surface area contributed by atoms with Gasteiger partial charge in [0.25, 0.3) is 11.6 Å². The molecule has 1 aromatic carbocycles. The lowest BCUT2D eigenvalue weighted by molar-refractivity contribution is -0.385. The van der Waals surface area contributed by atoms with Crippen LogP contribution in [0.15, 0.2) is 42.6 Å². The normalized spacial score (nSPS) is 14.5. The molecule has 1 aliphatic heterocycles. The molecule has 7 nitrogen and oxygen atoms in total. The van der Waals surface area contributed by atoms with E-state index in [2.05, 4.69) is 4.98 Å². The highest BCUT2D eigenvalue weighted by Crippen LogP contribution is 2.18. The first-order valence-corrected chi connectivity index (χ1v) is 7.45. The van der Waals surface area contributed by atoms with E-state index in [1.165, 1.54) is 30.5 Å². The smallest absolute Gasteiger partial charge is 0.287 e. The lowest BCUT2D eigenvalue weighted by Gasteiger charge is -2.35. The SMILES string of the molecule is O=C(c1cccc(F)c1)N1CCN(c2ccc([N+](=O)[O-])cn2)CC1. The summed E-state index contributed by atoms with van der Waals surface area (Å²) in [5.41, 5.74) is 0.274. The molecule has 3 rings (SSSR count). The summed E-state index contributed by atoms with van der Waals surface area (Å²) < 4.78 is 13.2. The third-order valence-corrected chi connectivity index (χ3v) is 3.91. The van der Waals surface area contributed by atoms with Gasteiger partial charge in [0.2, 0.25) is 0 Å². The fourth-order valence-electron chi connectivity index (χ4n) is 2.62. The molecule has 0 radical (unpaired) electrons. The molecule has 1 aromatic heterocycles. The largest absolute Gasteiger partial charge is 0.353 e. The summed E-state index contributed by atoms with van der Waals surface area (Å²) in [4.78, 5) is 30.2. The van der Waals surface area contributed by atoms with E-state index in [4.69, 9.17) is 0 Å². The lowest BCUT2D eigenvalue weighted by Crippen LogP contribution is -2.49. The van der Waals surface area contributed by atoms with Crippen molar-refractivity contribution < 1.29 is 14.1 Å². The van der Waals surface area contributed by atoms with Crippen molar-refractivity contribution in [2.45, 2.75) is 0 Å². The maximum Gasteiger partial charge on any atom is 0.287 e. The Morgan fingerprint density at radius 1 is 1.17 bits per heavy atom. The number of piperazine rings is 1. The minimum atomic E-state index is -0.494. The van der Waals surface area contributed by atoms with E-state index < -0.39 is 10.7 Å². The molecule has 1 amide bonds. The quantitative estimate of drug-likeness (QED) is 0.636. The third-order valence-electron chi connectivity index (χ3n) is 3.91. The van der Waals surface area contributed by atoms with E-state index in [-0.39, 0.29) is 11.6 Å². The first-order chi connectivity index (χ1) is 11.5. The Labute approximate surface area is 137 Å². The number of amides is 1. The van der Waals surface area contributed by atoms with Gasteiger partial charge in [0.1, 0.15) is 17.8 Å². The molecule has 8 heteroatoms. The van der Waals surface area contributed by atoms with Crippen molar-refractivity contribution in [3.05, 3.63) is 64.1 Å². The molecule has 0 atom stereocenters. The number of hydrogen-bond acceptors (Lipinski definition) is 5. The number of halogens is 1. The topological polar surface area (TPSA) is 79.6 Å². The number of carbonyl (C=O) groups excluding carboxylic acids is 1. The maximum atomic E-state index is 13.2. The molecule has 0 bridgehead atoms. The van der Waals surface area contributed by atoms with Gasteiger partial charge in [0.05, 0.1) is 4.92 Å². The standard InChI is InChI=1S/C16H15FN4O3/c17-13-3-1-2-12(10-13)16(22)20-8-6-19(7-9-20)15-5-4-14(11-18-15)21(23)24/h1-5,10-11H,6-9H2. The first-order valence-electron chi connectivity index (χ1n) is 7.45. The number of nitrogens with zero attached hydrogens (tertiary/aromatic N) is 4. The number of benzene rings is 1. The first kappa shape index (κ1) is 15.9. The summed E-state index contributed by atoms with van der Waals surface area (Å²) >= 11 is 0.